The van der Waals surface area contributed by atoms with Crippen molar-refractivity contribution in [1.29, 1.82) is 0 Å². The fourth-order valence-electron chi connectivity index (χ4n) is 4.74. The molecule has 35 heavy (non-hydrogen) atoms. The number of carbonyl (C=O) groups is 4. The van der Waals surface area contributed by atoms with Gasteiger partial charge in [0.15, 0.2) is 0 Å². The Kier molecular flexibility index (Phi) is 6.77. The van der Waals surface area contributed by atoms with Crippen LogP contribution in [0.4, 0.5) is 4.79 Å². The highest BCUT2D eigenvalue weighted by Crippen LogP contribution is 2.44. The third-order valence-corrected chi connectivity index (χ3v) is 6.80. The number of carboxylic acids is 1. The normalized spacial score (nSPS) is 16.3. The lowest BCUT2D eigenvalue weighted by Gasteiger charge is -2.47. The Hall–Kier alpha value is -3.88. The number of alkyl carbamates (subject to hydrolysis) is 1. The van der Waals surface area contributed by atoms with Gasteiger partial charge in [-0.25, -0.2) is 9.59 Å². The minimum atomic E-state index is -1.62. The minimum absolute atomic E-state index is 0.0169. The average molecular weight is 481 g/mol. The Morgan fingerprint density at radius 3 is 2.09 bits per heavy atom. The zero-order valence-electron chi connectivity index (χ0n) is 19.7. The molecule has 2 aliphatic rings. The smallest absolute Gasteiger partial charge is 0.408 e. The van der Waals surface area contributed by atoms with E-state index in [0.29, 0.717) is 6.42 Å². The van der Waals surface area contributed by atoms with Gasteiger partial charge in [0, 0.05) is 19.0 Å². The molecule has 0 bridgehead atoms. The second kappa shape index (κ2) is 9.77. The summed E-state index contributed by atoms with van der Waals surface area (Å²) in [5, 5.41) is 11.8. The molecule has 1 saturated heterocycles. The monoisotopic (exact) mass is 480 g/mol. The molecular weight excluding hydrogens is 452 g/mol. The van der Waals surface area contributed by atoms with E-state index in [1.54, 1.807) is 13.8 Å². The molecule has 2 aromatic carbocycles. The molecule has 1 heterocycles. The van der Waals surface area contributed by atoms with Crippen LogP contribution < -0.4 is 5.32 Å². The first-order chi connectivity index (χ1) is 16.8. The first kappa shape index (κ1) is 24.3. The van der Waals surface area contributed by atoms with Crippen LogP contribution in [0.25, 0.3) is 11.1 Å². The third-order valence-electron chi connectivity index (χ3n) is 6.80. The zero-order valence-corrected chi connectivity index (χ0v) is 19.7. The molecule has 2 N–H and O–H groups in total. The van der Waals surface area contributed by atoms with Crippen LogP contribution in [0.15, 0.2) is 48.5 Å². The first-order valence-corrected chi connectivity index (χ1v) is 11.6. The first-order valence-electron chi connectivity index (χ1n) is 11.6. The van der Waals surface area contributed by atoms with E-state index in [1.807, 2.05) is 48.5 Å². The van der Waals surface area contributed by atoms with Crippen LogP contribution in [-0.2, 0) is 23.9 Å². The molecular formula is C26H28N2O7. The van der Waals surface area contributed by atoms with E-state index >= 15 is 0 Å². The van der Waals surface area contributed by atoms with Crippen molar-refractivity contribution < 1.29 is 33.8 Å². The quantitative estimate of drug-likeness (QED) is 0.440. The maximum absolute atomic E-state index is 13.0. The van der Waals surface area contributed by atoms with Gasteiger partial charge in [-0.2, -0.15) is 0 Å². The van der Waals surface area contributed by atoms with Gasteiger partial charge >= 0.3 is 18.0 Å². The molecule has 2 amide bonds. The molecule has 1 atom stereocenters. The van der Waals surface area contributed by atoms with Crippen molar-refractivity contribution in [3.8, 4) is 11.1 Å². The Bertz CT molecular complexity index is 1110. The van der Waals surface area contributed by atoms with Gasteiger partial charge in [0.25, 0.3) is 5.91 Å². The summed E-state index contributed by atoms with van der Waals surface area (Å²) in [6, 6.07) is 14.1. The number of benzene rings is 2. The summed E-state index contributed by atoms with van der Waals surface area (Å²) in [5.41, 5.74) is 3.17. The molecule has 0 aromatic heterocycles. The molecule has 2 aromatic rings. The van der Waals surface area contributed by atoms with Gasteiger partial charge in [-0.05, 0) is 35.6 Å². The largest absolute Gasteiger partial charge is 0.481 e. The molecule has 184 valence electrons. The van der Waals surface area contributed by atoms with Crippen LogP contribution >= 0.6 is 0 Å². The maximum atomic E-state index is 13.0. The SMILES string of the molecule is CCOC(=O)C(NC(=O)OCC1c2ccccc2-c2ccccc21)C(=O)N1CC(CC)(C(=O)O)C1. The second-order valence-corrected chi connectivity index (χ2v) is 8.79. The zero-order chi connectivity index (χ0) is 25.2. The second-order valence-electron chi connectivity index (χ2n) is 8.79. The summed E-state index contributed by atoms with van der Waals surface area (Å²) < 4.78 is 10.4. The molecule has 1 unspecified atom stereocenters. The van der Waals surface area contributed by atoms with Crippen LogP contribution in [0.2, 0.25) is 0 Å². The molecule has 1 aliphatic heterocycles. The van der Waals surface area contributed by atoms with E-state index in [1.165, 1.54) is 4.90 Å². The van der Waals surface area contributed by atoms with Crippen LogP contribution in [-0.4, -0.2) is 66.3 Å². The van der Waals surface area contributed by atoms with E-state index in [-0.39, 0.29) is 32.2 Å². The fourth-order valence-corrected chi connectivity index (χ4v) is 4.74. The number of hydrogen-bond acceptors (Lipinski definition) is 6. The summed E-state index contributed by atoms with van der Waals surface area (Å²) in [6.45, 7) is 3.27. The number of nitrogens with one attached hydrogen (secondary N) is 1. The lowest BCUT2D eigenvalue weighted by molar-refractivity contribution is -0.169. The molecule has 1 fully saturated rings. The summed E-state index contributed by atoms with van der Waals surface area (Å²) in [5.74, 6) is -2.82. The number of rotatable bonds is 8. The Morgan fingerprint density at radius 1 is 1.00 bits per heavy atom. The summed E-state index contributed by atoms with van der Waals surface area (Å²) >= 11 is 0. The van der Waals surface area contributed by atoms with Crippen LogP contribution in [0.1, 0.15) is 37.3 Å². The summed E-state index contributed by atoms with van der Waals surface area (Å²) in [7, 11) is 0. The van der Waals surface area contributed by atoms with Gasteiger partial charge in [0.1, 0.15) is 12.0 Å². The van der Waals surface area contributed by atoms with Gasteiger partial charge in [-0.15, -0.1) is 0 Å². The molecule has 0 spiro atoms. The highest BCUT2D eigenvalue weighted by molar-refractivity contribution is 6.05. The van der Waals surface area contributed by atoms with Crippen molar-refractivity contribution in [3.63, 3.8) is 0 Å². The van der Waals surface area contributed by atoms with Crippen molar-refractivity contribution in [2.24, 2.45) is 5.41 Å². The highest BCUT2D eigenvalue weighted by Gasteiger charge is 2.52. The Labute approximate surface area is 203 Å². The topological polar surface area (TPSA) is 122 Å². The number of nitrogens with zero attached hydrogens (tertiary/aromatic N) is 1. The molecule has 0 radical (unpaired) electrons. The van der Waals surface area contributed by atoms with Crippen molar-refractivity contribution in [2.45, 2.75) is 32.2 Å². The number of amides is 2. The minimum Gasteiger partial charge on any atom is -0.481 e. The lowest BCUT2D eigenvalue weighted by atomic mass is 9.77. The fraction of sp³-hybridized carbons (Fsp3) is 0.385. The van der Waals surface area contributed by atoms with Crippen LogP contribution in [0.3, 0.4) is 0 Å². The number of hydrogen-bond donors (Lipinski definition) is 2. The van der Waals surface area contributed by atoms with E-state index in [0.717, 1.165) is 22.3 Å². The Balaban J connectivity index is 1.43. The number of fused-ring (bicyclic) bond motifs is 3. The van der Waals surface area contributed by atoms with E-state index < -0.39 is 35.4 Å². The maximum Gasteiger partial charge on any atom is 0.408 e. The van der Waals surface area contributed by atoms with Crippen LogP contribution in [0, 0.1) is 5.41 Å². The van der Waals surface area contributed by atoms with Crippen molar-refractivity contribution in [3.05, 3.63) is 59.7 Å². The number of esters is 1. The van der Waals surface area contributed by atoms with E-state index in [4.69, 9.17) is 9.47 Å². The predicted molar refractivity (Wildman–Crippen MR) is 126 cm³/mol. The van der Waals surface area contributed by atoms with Gasteiger partial charge in [-0.1, -0.05) is 55.5 Å². The number of ether oxygens (including phenoxy) is 2. The predicted octanol–water partition coefficient (Wildman–Crippen LogP) is 2.78. The summed E-state index contributed by atoms with van der Waals surface area (Å²) in [6.07, 6.45) is -0.588. The Morgan fingerprint density at radius 2 is 1.57 bits per heavy atom. The third kappa shape index (κ3) is 4.45. The van der Waals surface area contributed by atoms with Gasteiger partial charge in [-0.3, -0.25) is 14.9 Å². The molecule has 9 heteroatoms. The average Bonchev–Trinajstić information content (AvgIpc) is 3.14. The van der Waals surface area contributed by atoms with Gasteiger partial charge < -0.3 is 19.5 Å². The van der Waals surface area contributed by atoms with Crippen LogP contribution in [0.5, 0.6) is 0 Å². The molecule has 1 aliphatic carbocycles. The van der Waals surface area contributed by atoms with E-state index in [2.05, 4.69) is 5.32 Å². The molecule has 9 nitrogen and oxygen atoms in total. The van der Waals surface area contributed by atoms with Crippen molar-refractivity contribution in [1.82, 2.24) is 10.2 Å². The number of likely N-dealkylation sites (tertiary alicyclic amines) is 1. The van der Waals surface area contributed by atoms with E-state index in [9.17, 15) is 24.3 Å². The highest BCUT2D eigenvalue weighted by atomic mass is 16.6. The standard InChI is InChI=1S/C26H28N2O7/c1-3-26(24(31)32)14-28(15-26)22(29)21(23(30)34-4-2)27-25(33)35-13-20-18-11-7-5-9-16(18)17-10-6-8-12-19(17)20/h5-12,20-21H,3-4,13-15H2,1-2H3,(H,27,33)(H,31,32). The molecule has 0 saturated carbocycles. The van der Waals surface area contributed by atoms with Gasteiger partial charge in [0.05, 0.1) is 6.61 Å². The number of aliphatic carboxylic acids is 1. The number of carboxylic acid groups (broad SMARTS) is 1. The lowest BCUT2D eigenvalue weighted by Crippen LogP contribution is -2.66. The number of carbonyl (C=O) groups excluding carboxylic acids is 3. The summed E-state index contributed by atoms with van der Waals surface area (Å²) in [4.78, 5) is 50.9. The van der Waals surface area contributed by atoms with Crippen molar-refractivity contribution in [2.75, 3.05) is 26.3 Å². The van der Waals surface area contributed by atoms with Gasteiger partial charge in [0.2, 0.25) is 6.04 Å². The van der Waals surface area contributed by atoms with Crippen molar-refractivity contribution >= 4 is 23.9 Å². The molecule has 4 rings (SSSR count).